The molecule has 0 radical (unpaired) electrons. The van der Waals surface area contributed by atoms with Crippen LogP contribution in [0.3, 0.4) is 0 Å². The van der Waals surface area contributed by atoms with Crippen molar-refractivity contribution in [2.45, 2.75) is 31.8 Å². The van der Waals surface area contributed by atoms with Crippen molar-refractivity contribution in [3.8, 4) is 0 Å². The van der Waals surface area contributed by atoms with Gasteiger partial charge < -0.3 is 10.5 Å². The molecular formula is C17H19Cl2F2N3O2. The van der Waals surface area contributed by atoms with Crippen LogP contribution in [0.2, 0.25) is 10.0 Å². The summed E-state index contributed by atoms with van der Waals surface area (Å²) in [6.07, 6.45) is -3.72. The van der Waals surface area contributed by atoms with E-state index in [0.29, 0.717) is 21.3 Å². The summed E-state index contributed by atoms with van der Waals surface area (Å²) >= 11 is 12.2. The van der Waals surface area contributed by atoms with Crippen molar-refractivity contribution < 1.29 is 18.3 Å². The predicted octanol–water partition coefficient (Wildman–Crippen LogP) is 4.18. The van der Waals surface area contributed by atoms with Crippen LogP contribution in [-0.4, -0.2) is 22.8 Å². The second kappa shape index (κ2) is 8.33. The fourth-order valence-electron chi connectivity index (χ4n) is 3.18. The largest absolute Gasteiger partial charge is 0.376 e. The highest BCUT2D eigenvalue weighted by atomic mass is 35.5. The van der Waals surface area contributed by atoms with Crippen molar-refractivity contribution in [2.24, 2.45) is 12.8 Å². The number of methoxy groups -OCH3 is 1. The van der Waals surface area contributed by atoms with E-state index in [1.165, 1.54) is 11.8 Å². The number of ether oxygens (including phenoxy) is 1. The molecule has 1 heterocycles. The molecular weight excluding hydrogens is 387 g/mol. The Morgan fingerprint density at radius 3 is 2.54 bits per heavy atom. The summed E-state index contributed by atoms with van der Waals surface area (Å²) < 4.78 is 33.6. The van der Waals surface area contributed by atoms with Crippen molar-refractivity contribution in [3.05, 3.63) is 50.8 Å². The zero-order valence-corrected chi connectivity index (χ0v) is 16.0. The Balaban J connectivity index is 2.56. The van der Waals surface area contributed by atoms with E-state index >= 15 is 0 Å². The number of alkyl halides is 2. The number of halogens is 4. The Morgan fingerprint density at radius 2 is 2.04 bits per heavy atom. The zero-order chi connectivity index (χ0) is 19.6. The van der Waals surface area contributed by atoms with E-state index in [9.17, 15) is 13.6 Å². The third kappa shape index (κ3) is 4.16. The van der Waals surface area contributed by atoms with Crippen LogP contribution in [0, 0.1) is 0 Å². The standard InChI is InChI=1S/C17H19Cl2F2N3O2/c1-8(16(26-3)10-5-4-9(18)6-12(10)19)15-11(7-13(22)25)14(17(20)21)23-24(15)2/h4-6,8,16-17H,7H2,1-3H3,(H2,22,25). The Bertz CT molecular complexity index is 812. The Morgan fingerprint density at radius 1 is 1.38 bits per heavy atom. The first-order chi connectivity index (χ1) is 12.2. The molecule has 1 aromatic heterocycles. The van der Waals surface area contributed by atoms with Crippen LogP contribution >= 0.6 is 23.2 Å². The van der Waals surface area contributed by atoms with Crippen molar-refractivity contribution in [1.29, 1.82) is 0 Å². The Kier molecular flexibility index (Phi) is 6.60. The summed E-state index contributed by atoms with van der Waals surface area (Å²) in [5, 5.41) is 4.74. The fourth-order valence-corrected chi connectivity index (χ4v) is 3.69. The van der Waals surface area contributed by atoms with Crippen LogP contribution in [0.1, 0.15) is 47.9 Å². The van der Waals surface area contributed by atoms with Crippen LogP contribution in [-0.2, 0) is 23.0 Å². The molecule has 1 aromatic carbocycles. The van der Waals surface area contributed by atoms with Gasteiger partial charge in [0.25, 0.3) is 6.43 Å². The molecule has 0 spiro atoms. The first-order valence-corrected chi connectivity index (χ1v) is 8.52. The highest BCUT2D eigenvalue weighted by Gasteiger charge is 2.32. The number of carbonyl (C=O) groups is 1. The molecule has 2 N–H and O–H groups in total. The molecule has 2 rings (SSSR count). The van der Waals surface area contributed by atoms with Gasteiger partial charge in [-0.15, -0.1) is 0 Å². The van der Waals surface area contributed by atoms with Gasteiger partial charge in [0.2, 0.25) is 5.91 Å². The predicted molar refractivity (Wildman–Crippen MR) is 95.7 cm³/mol. The molecule has 5 nitrogen and oxygen atoms in total. The molecule has 0 saturated carbocycles. The SMILES string of the molecule is COC(c1ccc(Cl)cc1Cl)C(C)c1c(CC(N)=O)c(C(F)F)nn1C. The van der Waals surface area contributed by atoms with Crippen molar-refractivity contribution >= 4 is 29.1 Å². The van der Waals surface area contributed by atoms with Gasteiger partial charge in [-0.3, -0.25) is 9.48 Å². The second-order valence-corrected chi connectivity index (χ2v) is 6.77. The topological polar surface area (TPSA) is 70.1 Å². The van der Waals surface area contributed by atoms with E-state index in [-0.39, 0.29) is 12.0 Å². The number of amides is 1. The molecule has 142 valence electrons. The molecule has 0 aliphatic heterocycles. The van der Waals surface area contributed by atoms with E-state index in [0.717, 1.165) is 0 Å². The zero-order valence-electron chi connectivity index (χ0n) is 14.5. The third-order valence-corrected chi connectivity index (χ3v) is 4.75. The lowest BCUT2D eigenvalue weighted by Crippen LogP contribution is -2.19. The Hall–Kier alpha value is -1.70. The van der Waals surface area contributed by atoms with Crippen LogP contribution in [0.4, 0.5) is 8.78 Å². The number of carbonyl (C=O) groups excluding carboxylic acids is 1. The van der Waals surface area contributed by atoms with Crippen LogP contribution < -0.4 is 5.73 Å². The molecule has 0 aliphatic rings. The highest BCUT2D eigenvalue weighted by Crippen LogP contribution is 2.40. The van der Waals surface area contributed by atoms with Gasteiger partial charge in [0.05, 0.1) is 12.5 Å². The molecule has 0 aliphatic carbocycles. The van der Waals surface area contributed by atoms with Gasteiger partial charge in [0.15, 0.2) is 0 Å². The number of rotatable bonds is 7. The summed E-state index contributed by atoms with van der Waals surface area (Å²) in [5.74, 6) is -1.15. The average molecular weight is 406 g/mol. The molecule has 2 atom stereocenters. The van der Waals surface area contributed by atoms with Gasteiger partial charge in [-0.25, -0.2) is 8.78 Å². The highest BCUT2D eigenvalue weighted by molar-refractivity contribution is 6.35. The minimum atomic E-state index is -2.82. The number of benzene rings is 1. The number of aryl methyl sites for hydroxylation is 1. The molecule has 26 heavy (non-hydrogen) atoms. The second-order valence-electron chi connectivity index (χ2n) is 5.93. The van der Waals surface area contributed by atoms with E-state index in [4.69, 9.17) is 33.7 Å². The van der Waals surface area contributed by atoms with Crippen LogP contribution in [0.5, 0.6) is 0 Å². The van der Waals surface area contributed by atoms with Gasteiger partial charge in [-0.05, 0) is 12.1 Å². The number of nitrogens with two attached hydrogens (primary N) is 1. The lowest BCUT2D eigenvalue weighted by Gasteiger charge is -2.25. The van der Waals surface area contributed by atoms with Crippen molar-refractivity contribution in [1.82, 2.24) is 9.78 Å². The minimum Gasteiger partial charge on any atom is -0.376 e. The molecule has 2 unspecified atom stereocenters. The van der Waals surface area contributed by atoms with E-state index in [1.54, 1.807) is 32.2 Å². The smallest absolute Gasteiger partial charge is 0.282 e. The molecule has 0 bridgehead atoms. The van der Waals surface area contributed by atoms with Gasteiger partial charge >= 0.3 is 0 Å². The Labute approximate surface area is 160 Å². The molecule has 9 heteroatoms. The van der Waals surface area contributed by atoms with Gasteiger partial charge in [0.1, 0.15) is 5.69 Å². The summed E-state index contributed by atoms with van der Waals surface area (Å²) in [7, 11) is 3.03. The molecule has 0 saturated heterocycles. The van der Waals surface area contributed by atoms with Crippen LogP contribution in [0.15, 0.2) is 18.2 Å². The number of nitrogens with zero attached hydrogens (tertiary/aromatic N) is 2. The molecule has 0 fully saturated rings. The van der Waals surface area contributed by atoms with Crippen molar-refractivity contribution in [2.75, 3.05) is 7.11 Å². The average Bonchev–Trinajstić information content (AvgIpc) is 2.85. The van der Waals surface area contributed by atoms with E-state index < -0.39 is 30.0 Å². The number of aromatic nitrogens is 2. The number of hydrogen-bond donors (Lipinski definition) is 1. The maximum atomic E-state index is 13.4. The van der Waals surface area contributed by atoms with Crippen molar-refractivity contribution in [3.63, 3.8) is 0 Å². The van der Waals surface area contributed by atoms with E-state index in [1.807, 2.05) is 0 Å². The normalized spacial score (nSPS) is 13.8. The summed E-state index contributed by atoms with van der Waals surface area (Å²) in [4.78, 5) is 11.4. The maximum Gasteiger partial charge on any atom is 0.282 e. The first kappa shape index (κ1) is 20.6. The third-order valence-electron chi connectivity index (χ3n) is 4.19. The molecule has 2 aromatic rings. The number of hydrogen-bond acceptors (Lipinski definition) is 3. The van der Waals surface area contributed by atoms with Gasteiger partial charge in [0, 0.05) is 46.9 Å². The van der Waals surface area contributed by atoms with Crippen LogP contribution in [0.25, 0.3) is 0 Å². The van der Waals surface area contributed by atoms with Gasteiger partial charge in [-0.2, -0.15) is 5.10 Å². The lowest BCUT2D eigenvalue weighted by atomic mass is 9.90. The minimum absolute atomic E-state index is 0.120. The first-order valence-electron chi connectivity index (χ1n) is 7.77. The summed E-state index contributed by atoms with van der Waals surface area (Å²) in [6, 6.07) is 4.96. The summed E-state index contributed by atoms with van der Waals surface area (Å²) in [5.41, 5.74) is 6.00. The summed E-state index contributed by atoms with van der Waals surface area (Å²) in [6.45, 7) is 1.79. The molecule has 1 amide bonds. The fraction of sp³-hybridized carbons (Fsp3) is 0.412. The van der Waals surface area contributed by atoms with E-state index in [2.05, 4.69) is 5.10 Å². The monoisotopic (exact) mass is 405 g/mol. The van der Waals surface area contributed by atoms with Gasteiger partial charge in [-0.1, -0.05) is 36.2 Å². The maximum absolute atomic E-state index is 13.4. The lowest BCUT2D eigenvalue weighted by molar-refractivity contribution is -0.117. The quantitative estimate of drug-likeness (QED) is 0.750. The number of primary amides is 1.